The molecule has 0 aromatic carbocycles. The van der Waals surface area contributed by atoms with Crippen molar-refractivity contribution in [2.45, 2.75) is 12.2 Å². The Morgan fingerprint density at radius 2 is 1.12 bits per heavy atom. The van der Waals surface area contributed by atoms with E-state index in [0.717, 1.165) is 0 Å². The lowest BCUT2D eigenvalue weighted by Gasteiger charge is -2.18. The van der Waals surface area contributed by atoms with Crippen LogP contribution in [0.25, 0.3) is 0 Å². The molecule has 0 aliphatic carbocycles. The average Bonchev–Trinajstić information content (AvgIpc) is 2.30. The number of nitrogens with two attached hydrogens (primary N) is 2. The highest BCUT2D eigenvalue weighted by Crippen LogP contribution is 1.88. The van der Waals surface area contributed by atoms with Gasteiger partial charge in [-0.2, -0.15) is 0 Å². The van der Waals surface area contributed by atoms with Gasteiger partial charge >= 0.3 is 0 Å². The highest BCUT2D eigenvalue weighted by molar-refractivity contribution is 5.80. The molecule has 0 saturated carbocycles. The highest BCUT2D eigenvalue weighted by atomic mass is 16.4. The molecule has 0 radical (unpaired) electrons. The third kappa shape index (κ3) is 6.30. The van der Waals surface area contributed by atoms with Crippen LogP contribution in [-0.2, 0) is 9.59 Å². The Morgan fingerprint density at radius 3 is 1.25 bits per heavy atom. The van der Waals surface area contributed by atoms with Crippen LogP contribution in [0.2, 0.25) is 0 Å². The van der Waals surface area contributed by atoms with Crippen molar-refractivity contribution in [2.75, 3.05) is 26.2 Å². The molecule has 1 fully saturated rings. The predicted molar refractivity (Wildman–Crippen MR) is 45.3 cm³/mol. The normalized spacial score (nSPS) is 18.9. The summed E-state index contributed by atoms with van der Waals surface area (Å²) in [5.74, 6) is -4.12. The number of rotatable bonds is 3. The van der Waals surface area contributed by atoms with E-state index in [1.165, 1.54) is 26.2 Å². The molecule has 1 rings (SSSR count). The lowest BCUT2D eigenvalue weighted by atomic mass is 10.2. The van der Waals surface area contributed by atoms with Crippen LogP contribution < -0.4 is 20.8 Å². The molecule has 0 bridgehead atoms. The molecule has 0 aromatic rings. The summed E-state index contributed by atoms with van der Waals surface area (Å²) in [6, 6.07) is 0. The molecule has 16 heavy (non-hydrogen) atoms. The van der Waals surface area contributed by atoms with Crippen LogP contribution >= 0.6 is 0 Å². The minimum atomic E-state index is -2.44. The Labute approximate surface area is 91.9 Å². The van der Waals surface area contributed by atoms with Crippen LogP contribution in [0.15, 0.2) is 0 Å². The Morgan fingerprint density at radius 1 is 0.875 bits per heavy atom. The molecule has 0 aromatic heterocycles. The molecular weight excluding hydrogens is 220 g/mol. The fraction of sp³-hybridized carbons (Fsp3) is 0.750. The molecule has 0 unspecified atom stereocenters. The number of hydrogen-bond acceptors (Lipinski definition) is 6. The first-order chi connectivity index (χ1) is 7.46. The van der Waals surface area contributed by atoms with Crippen LogP contribution in [0.5, 0.6) is 0 Å². The van der Waals surface area contributed by atoms with Crippen LogP contribution in [0.3, 0.4) is 0 Å². The van der Waals surface area contributed by atoms with Gasteiger partial charge in [0.2, 0.25) is 0 Å². The van der Waals surface area contributed by atoms with Gasteiger partial charge in [-0.3, -0.25) is 0 Å². The standard InChI is InChI=1S/C4H10N2.C4H6O6/c1-2-6-4-3-5-1;5-1(3(7)8)2(6)4(9)10/h5-6H,1-4H2;1-2,5-6H,(H,7,8)(H,9,10)/t;1-,2-/m.1/s1. The van der Waals surface area contributed by atoms with E-state index < -0.39 is 24.1 Å². The first kappa shape index (κ1) is 14.8. The van der Waals surface area contributed by atoms with E-state index in [0.29, 0.717) is 0 Å². The lowest BCUT2D eigenvalue weighted by molar-refractivity contribution is -0.787. The van der Waals surface area contributed by atoms with Gasteiger partial charge in [0.1, 0.15) is 38.4 Å². The van der Waals surface area contributed by atoms with Gasteiger partial charge in [0.25, 0.3) is 0 Å². The number of carbonyl (C=O) groups is 2. The van der Waals surface area contributed by atoms with Crippen molar-refractivity contribution in [3.05, 3.63) is 0 Å². The van der Waals surface area contributed by atoms with E-state index in [1.54, 1.807) is 0 Å². The fourth-order valence-electron chi connectivity index (χ4n) is 1.02. The number of piperazine rings is 1. The van der Waals surface area contributed by atoms with Crippen LogP contribution in [-0.4, -0.2) is 60.5 Å². The van der Waals surface area contributed by atoms with E-state index in [-0.39, 0.29) is 0 Å². The molecule has 8 heteroatoms. The van der Waals surface area contributed by atoms with E-state index in [2.05, 4.69) is 10.6 Å². The second kappa shape index (κ2) is 7.99. The molecule has 1 heterocycles. The van der Waals surface area contributed by atoms with E-state index in [4.69, 9.17) is 10.2 Å². The number of carbonyl (C=O) groups excluding carboxylic acids is 2. The van der Waals surface area contributed by atoms with Crippen molar-refractivity contribution < 1.29 is 40.6 Å². The molecule has 1 aliphatic rings. The largest absolute Gasteiger partial charge is 0.547 e. The molecule has 6 N–H and O–H groups in total. The van der Waals surface area contributed by atoms with Gasteiger partial charge in [0, 0.05) is 0 Å². The zero-order valence-corrected chi connectivity index (χ0v) is 8.67. The zero-order valence-electron chi connectivity index (χ0n) is 8.67. The molecule has 0 spiro atoms. The molecule has 94 valence electrons. The second-order valence-electron chi connectivity index (χ2n) is 3.26. The summed E-state index contributed by atoms with van der Waals surface area (Å²) in [6.45, 7) is 5.28. The van der Waals surface area contributed by atoms with E-state index in [1.807, 2.05) is 0 Å². The topological polar surface area (TPSA) is 154 Å². The van der Waals surface area contributed by atoms with Crippen LogP contribution in [0, 0.1) is 0 Å². The highest BCUT2D eigenvalue weighted by Gasteiger charge is 2.17. The number of carboxylic acids is 2. The van der Waals surface area contributed by atoms with Gasteiger partial charge in [0.05, 0.1) is 11.9 Å². The summed E-state index contributed by atoms with van der Waals surface area (Å²) in [5.41, 5.74) is 0. The Balaban J connectivity index is 0.000000315. The SMILES string of the molecule is C1C[NH2+]CC[NH2+]1.O=C([O-])[C@H](O)[C@@H](O)C(=O)[O-]. The van der Waals surface area contributed by atoms with Gasteiger partial charge in [0.15, 0.2) is 0 Å². The predicted octanol–water partition coefficient (Wildman–Crippen LogP) is -7.67. The van der Waals surface area contributed by atoms with Gasteiger partial charge in [-0.05, 0) is 0 Å². The van der Waals surface area contributed by atoms with Gasteiger partial charge < -0.3 is 40.6 Å². The molecule has 1 saturated heterocycles. The number of quaternary nitrogens is 2. The molecule has 2 atom stereocenters. The second-order valence-corrected chi connectivity index (χ2v) is 3.26. The maximum atomic E-state index is 9.63. The van der Waals surface area contributed by atoms with Gasteiger partial charge in [-0.25, -0.2) is 0 Å². The van der Waals surface area contributed by atoms with E-state index in [9.17, 15) is 19.8 Å². The van der Waals surface area contributed by atoms with E-state index >= 15 is 0 Å². The summed E-state index contributed by atoms with van der Waals surface area (Å²) in [6.07, 6.45) is -4.88. The minimum Gasteiger partial charge on any atom is -0.547 e. The third-order valence-corrected chi connectivity index (χ3v) is 1.93. The summed E-state index contributed by atoms with van der Waals surface area (Å²) >= 11 is 0. The monoisotopic (exact) mass is 236 g/mol. The Kier molecular flexibility index (Phi) is 7.38. The minimum absolute atomic E-state index is 1.32. The number of aliphatic carboxylic acids is 2. The maximum Gasteiger partial charge on any atom is 0.125 e. The van der Waals surface area contributed by atoms with Gasteiger partial charge in [-0.15, -0.1) is 0 Å². The number of carboxylic acid groups (broad SMARTS) is 2. The van der Waals surface area contributed by atoms with Crippen molar-refractivity contribution in [1.82, 2.24) is 0 Å². The fourth-order valence-corrected chi connectivity index (χ4v) is 1.02. The Hall–Kier alpha value is -1.22. The Bertz CT molecular complexity index is 201. The summed E-state index contributed by atoms with van der Waals surface area (Å²) in [5, 5.41) is 40.5. The summed E-state index contributed by atoms with van der Waals surface area (Å²) in [7, 11) is 0. The number of hydrogen-bond donors (Lipinski definition) is 4. The molecular formula is C8H16N2O6. The first-order valence-electron chi connectivity index (χ1n) is 4.88. The average molecular weight is 236 g/mol. The van der Waals surface area contributed by atoms with Crippen molar-refractivity contribution in [3.8, 4) is 0 Å². The zero-order chi connectivity index (χ0) is 12.6. The smallest absolute Gasteiger partial charge is 0.125 e. The molecule has 8 nitrogen and oxygen atoms in total. The van der Waals surface area contributed by atoms with Crippen molar-refractivity contribution in [1.29, 1.82) is 0 Å². The van der Waals surface area contributed by atoms with Crippen LogP contribution in [0.4, 0.5) is 0 Å². The quantitative estimate of drug-likeness (QED) is 0.381. The maximum absolute atomic E-state index is 9.63. The third-order valence-electron chi connectivity index (χ3n) is 1.93. The number of aliphatic hydroxyl groups excluding tert-OH is 2. The van der Waals surface area contributed by atoms with Gasteiger partial charge in [-0.1, -0.05) is 0 Å². The summed E-state index contributed by atoms with van der Waals surface area (Å²) < 4.78 is 0. The van der Waals surface area contributed by atoms with Crippen LogP contribution in [0.1, 0.15) is 0 Å². The molecule has 0 amide bonds. The van der Waals surface area contributed by atoms with Crippen molar-refractivity contribution in [3.63, 3.8) is 0 Å². The first-order valence-corrected chi connectivity index (χ1v) is 4.88. The summed E-state index contributed by atoms with van der Waals surface area (Å²) in [4.78, 5) is 19.3. The molecule has 1 aliphatic heterocycles. The van der Waals surface area contributed by atoms with Crippen molar-refractivity contribution >= 4 is 11.9 Å². The number of aliphatic hydroxyl groups is 2. The van der Waals surface area contributed by atoms with Crippen molar-refractivity contribution in [2.24, 2.45) is 0 Å². The lowest BCUT2D eigenvalue weighted by Crippen LogP contribution is -3.04.